The van der Waals surface area contributed by atoms with Crippen LogP contribution in [0.15, 0.2) is 77.7 Å². The molecule has 0 unspecified atom stereocenters. The minimum absolute atomic E-state index is 0.311. The average Bonchev–Trinajstić information content (AvgIpc) is 3.08. The molecule has 1 saturated heterocycles. The smallest absolute Gasteiger partial charge is 0.294 e. The Hall–Kier alpha value is -3.90. The van der Waals surface area contributed by atoms with E-state index in [0.717, 1.165) is 54.9 Å². The third-order valence-corrected chi connectivity index (χ3v) is 6.92. The first kappa shape index (κ1) is 21.9. The van der Waals surface area contributed by atoms with E-state index in [2.05, 4.69) is 11.4 Å². The second kappa shape index (κ2) is 8.80. The van der Waals surface area contributed by atoms with E-state index in [0.29, 0.717) is 10.6 Å². The van der Waals surface area contributed by atoms with Crippen LogP contribution >= 0.6 is 11.8 Å². The second-order valence-electron chi connectivity index (χ2n) is 8.32. The van der Waals surface area contributed by atoms with Gasteiger partial charge in [0, 0.05) is 5.69 Å². The Bertz CT molecular complexity index is 1450. The summed E-state index contributed by atoms with van der Waals surface area (Å²) in [6, 6.07) is 23.8. The largest absolute Gasteiger partial charge is 0.324 e. The molecule has 4 aromatic rings. The van der Waals surface area contributed by atoms with Gasteiger partial charge in [0.15, 0.2) is 0 Å². The summed E-state index contributed by atoms with van der Waals surface area (Å²) in [5, 5.41) is 6.51. The quantitative estimate of drug-likeness (QED) is 0.284. The molecule has 1 aliphatic rings. The highest BCUT2D eigenvalue weighted by atomic mass is 32.2. The molecule has 3 amide bonds. The van der Waals surface area contributed by atoms with Crippen LogP contribution in [0.3, 0.4) is 0 Å². The summed E-state index contributed by atoms with van der Waals surface area (Å²) in [5.74, 6) is -0.861. The Morgan fingerprint density at radius 1 is 0.882 bits per heavy atom. The molecule has 6 heteroatoms. The lowest BCUT2D eigenvalue weighted by molar-refractivity contribution is -0.127. The molecule has 0 aliphatic carbocycles. The first-order valence-corrected chi connectivity index (χ1v) is 11.8. The molecule has 0 atom stereocenters. The molecule has 0 spiro atoms. The van der Waals surface area contributed by atoms with Gasteiger partial charge < -0.3 is 5.32 Å². The number of fused-ring (bicyclic) bond motifs is 2. The molecule has 34 heavy (non-hydrogen) atoms. The predicted molar refractivity (Wildman–Crippen MR) is 139 cm³/mol. The Kier molecular flexibility index (Phi) is 5.67. The van der Waals surface area contributed by atoms with Gasteiger partial charge in [-0.1, -0.05) is 66.7 Å². The standard InChI is InChI=1S/C28H22N2O3S/c1-17-8-7-9-18(2)26(17)29-25(31)16-30-27(32)24(34-28(30)33)15-23-21-12-5-3-10-19(21)14-20-11-4-6-13-22(20)23/h3-15H,16H2,1-2H3,(H,29,31)/b24-15+. The molecule has 0 radical (unpaired) electrons. The molecule has 4 aromatic carbocycles. The number of thioether (sulfide) groups is 1. The number of para-hydroxylation sites is 1. The van der Waals surface area contributed by atoms with E-state index in [1.54, 1.807) is 6.08 Å². The number of carbonyl (C=O) groups is 3. The zero-order valence-corrected chi connectivity index (χ0v) is 19.6. The second-order valence-corrected chi connectivity index (χ2v) is 9.31. The third-order valence-electron chi connectivity index (χ3n) is 6.01. The van der Waals surface area contributed by atoms with Gasteiger partial charge in [-0.25, -0.2) is 0 Å². The summed E-state index contributed by atoms with van der Waals surface area (Å²) < 4.78 is 0. The number of imide groups is 1. The Labute approximate surface area is 201 Å². The topological polar surface area (TPSA) is 66.5 Å². The van der Waals surface area contributed by atoms with E-state index >= 15 is 0 Å². The molecule has 0 saturated carbocycles. The van der Waals surface area contributed by atoms with Crippen molar-refractivity contribution in [1.82, 2.24) is 4.90 Å². The van der Waals surface area contributed by atoms with Crippen molar-refractivity contribution >= 4 is 62.1 Å². The van der Waals surface area contributed by atoms with Crippen LogP contribution in [0.25, 0.3) is 27.6 Å². The maximum atomic E-state index is 13.2. The van der Waals surface area contributed by atoms with Gasteiger partial charge in [0.1, 0.15) is 6.54 Å². The van der Waals surface area contributed by atoms with Crippen molar-refractivity contribution in [3.05, 3.63) is 94.4 Å². The molecule has 1 aliphatic heterocycles. The fourth-order valence-corrected chi connectivity index (χ4v) is 5.13. The van der Waals surface area contributed by atoms with Crippen molar-refractivity contribution in [2.24, 2.45) is 0 Å². The lowest BCUT2D eigenvalue weighted by atomic mass is 9.96. The Morgan fingerprint density at radius 3 is 2.09 bits per heavy atom. The molecule has 0 aromatic heterocycles. The van der Waals surface area contributed by atoms with Gasteiger partial charge in [-0.05, 0) is 76.0 Å². The number of aryl methyl sites for hydroxylation is 2. The normalized spacial score (nSPS) is 15.0. The Balaban J connectivity index is 1.46. The van der Waals surface area contributed by atoms with Gasteiger partial charge in [-0.2, -0.15) is 0 Å². The van der Waals surface area contributed by atoms with Crippen LogP contribution in [0, 0.1) is 13.8 Å². The number of hydrogen-bond donors (Lipinski definition) is 1. The van der Waals surface area contributed by atoms with E-state index in [1.807, 2.05) is 80.6 Å². The lowest BCUT2D eigenvalue weighted by Crippen LogP contribution is -2.36. The van der Waals surface area contributed by atoms with Crippen LogP contribution < -0.4 is 5.32 Å². The predicted octanol–water partition coefficient (Wildman–Crippen LogP) is 6.28. The lowest BCUT2D eigenvalue weighted by Gasteiger charge is -2.15. The summed E-state index contributed by atoms with van der Waals surface area (Å²) in [7, 11) is 0. The number of hydrogen-bond acceptors (Lipinski definition) is 4. The zero-order valence-electron chi connectivity index (χ0n) is 18.8. The molecular weight excluding hydrogens is 444 g/mol. The van der Waals surface area contributed by atoms with Gasteiger partial charge in [0.2, 0.25) is 5.91 Å². The first-order valence-electron chi connectivity index (χ1n) is 10.9. The van der Waals surface area contributed by atoms with Crippen molar-refractivity contribution in [2.75, 3.05) is 11.9 Å². The number of nitrogens with zero attached hydrogens (tertiary/aromatic N) is 1. The highest BCUT2D eigenvalue weighted by molar-refractivity contribution is 8.18. The van der Waals surface area contributed by atoms with E-state index in [4.69, 9.17) is 0 Å². The highest BCUT2D eigenvalue weighted by Crippen LogP contribution is 2.36. The SMILES string of the molecule is Cc1cccc(C)c1NC(=O)CN1C(=O)S/C(=C/c2c3ccccc3cc3ccccc23)C1=O. The summed E-state index contributed by atoms with van der Waals surface area (Å²) in [6.07, 6.45) is 1.78. The number of nitrogens with one attached hydrogen (secondary N) is 1. The summed E-state index contributed by atoms with van der Waals surface area (Å²) >= 11 is 0.867. The number of anilines is 1. The molecule has 168 valence electrons. The summed E-state index contributed by atoms with van der Waals surface area (Å²) in [6.45, 7) is 3.48. The molecule has 5 rings (SSSR count). The molecule has 5 nitrogen and oxygen atoms in total. The number of amides is 3. The minimum Gasteiger partial charge on any atom is -0.324 e. The fraction of sp³-hybridized carbons (Fsp3) is 0.107. The molecule has 0 bridgehead atoms. The van der Waals surface area contributed by atoms with Crippen molar-refractivity contribution in [3.63, 3.8) is 0 Å². The molecule has 1 heterocycles. The van der Waals surface area contributed by atoms with E-state index < -0.39 is 17.1 Å². The van der Waals surface area contributed by atoms with Gasteiger partial charge >= 0.3 is 0 Å². The van der Waals surface area contributed by atoms with Gasteiger partial charge in [0.05, 0.1) is 4.91 Å². The van der Waals surface area contributed by atoms with Gasteiger partial charge in [-0.15, -0.1) is 0 Å². The summed E-state index contributed by atoms with van der Waals surface area (Å²) in [4.78, 5) is 39.8. The molecule has 1 N–H and O–H groups in total. The minimum atomic E-state index is -0.455. The van der Waals surface area contributed by atoms with Gasteiger partial charge in [-0.3, -0.25) is 19.3 Å². The molecule has 1 fully saturated rings. The third kappa shape index (κ3) is 3.97. The molecular formula is C28H22N2O3S. The van der Waals surface area contributed by atoms with E-state index in [9.17, 15) is 14.4 Å². The number of rotatable bonds is 4. The summed E-state index contributed by atoms with van der Waals surface area (Å²) in [5.41, 5.74) is 3.44. The zero-order chi connectivity index (χ0) is 23.8. The van der Waals surface area contributed by atoms with E-state index in [1.165, 1.54) is 0 Å². The van der Waals surface area contributed by atoms with Crippen LogP contribution in [0.4, 0.5) is 10.5 Å². The van der Waals surface area contributed by atoms with Crippen molar-refractivity contribution in [2.45, 2.75) is 13.8 Å². The van der Waals surface area contributed by atoms with Gasteiger partial charge in [0.25, 0.3) is 11.1 Å². The van der Waals surface area contributed by atoms with Crippen LogP contribution in [0.5, 0.6) is 0 Å². The van der Waals surface area contributed by atoms with Crippen LogP contribution in [0.2, 0.25) is 0 Å². The maximum absolute atomic E-state index is 13.2. The van der Waals surface area contributed by atoms with Crippen molar-refractivity contribution in [1.29, 1.82) is 0 Å². The van der Waals surface area contributed by atoms with Crippen molar-refractivity contribution < 1.29 is 14.4 Å². The average molecular weight is 467 g/mol. The number of benzene rings is 4. The Morgan fingerprint density at radius 2 is 1.47 bits per heavy atom. The van der Waals surface area contributed by atoms with Crippen molar-refractivity contribution in [3.8, 4) is 0 Å². The fourth-order valence-electron chi connectivity index (χ4n) is 4.31. The van der Waals surface area contributed by atoms with Crippen LogP contribution in [0.1, 0.15) is 16.7 Å². The van der Waals surface area contributed by atoms with Crippen LogP contribution in [-0.4, -0.2) is 28.5 Å². The first-order chi connectivity index (χ1) is 16.4. The highest BCUT2D eigenvalue weighted by Gasteiger charge is 2.36. The maximum Gasteiger partial charge on any atom is 0.294 e. The van der Waals surface area contributed by atoms with Crippen LogP contribution in [-0.2, 0) is 9.59 Å². The monoisotopic (exact) mass is 466 g/mol. The van der Waals surface area contributed by atoms with E-state index in [-0.39, 0.29) is 6.54 Å². The number of carbonyl (C=O) groups excluding carboxylic acids is 3.